The number of piperazine rings is 1. The van der Waals surface area contributed by atoms with Crippen molar-refractivity contribution < 1.29 is 23.1 Å². The number of amides is 1. The summed E-state index contributed by atoms with van der Waals surface area (Å²) in [5, 5.41) is 11.2. The van der Waals surface area contributed by atoms with Crippen LogP contribution in [0.15, 0.2) is 52.1 Å². The van der Waals surface area contributed by atoms with Crippen LogP contribution >= 0.6 is 15.9 Å². The van der Waals surface area contributed by atoms with Gasteiger partial charge >= 0.3 is 0 Å². The van der Waals surface area contributed by atoms with Gasteiger partial charge in [-0.1, -0.05) is 22.0 Å². The zero-order chi connectivity index (χ0) is 24.6. The summed E-state index contributed by atoms with van der Waals surface area (Å²) in [6.07, 6.45) is 6.16. The molecule has 1 N–H and O–H groups in total. The molecule has 0 atom stereocenters. The van der Waals surface area contributed by atoms with Gasteiger partial charge in [0.25, 0.3) is 0 Å². The zero-order valence-electron chi connectivity index (χ0n) is 19.1. The Balaban J connectivity index is 1.20. The highest BCUT2D eigenvalue weighted by molar-refractivity contribution is 9.10. The molecule has 0 bridgehead atoms. The SMILES string of the molecule is O=C1CN(S(=O)(=O)C2=Cc3ccc(Br)cc3OC2)CCN1CC1(O)CCN(c2ccncc2)CC1. The van der Waals surface area contributed by atoms with Crippen LogP contribution in [0.5, 0.6) is 5.75 Å². The van der Waals surface area contributed by atoms with Gasteiger partial charge in [0.15, 0.2) is 0 Å². The van der Waals surface area contributed by atoms with E-state index in [1.54, 1.807) is 35.5 Å². The number of piperidine rings is 1. The van der Waals surface area contributed by atoms with Crippen molar-refractivity contribution in [3.63, 3.8) is 0 Å². The Labute approximate surface area is 213 Å². The topological polar surface area (TPSA) is 103 Å². The lowest BCUT2D eigenvalue weighted by Crippen LogP contribution is -2.58. The normalized spacial score (nSPS) is 20.7. The molecule has 3 aliphatic rings. The number of benzene rings is 1. The molecule has 186 valence electrons. The number of anilines is 1. The molecule has 11 heteroatoms. The average Bonchev–Trinajstić information content (AvgIpc) is 2.86. The first-order chi connectivity index (χ1) is 16.7. The van der Waals surface area contributed by atoms with Gasteiger partial charge < -0.3 is 19.6 Å². The van der Waals surface area contributed by atoms with Crippen LogP contribution in [0.2, 0.25) is 0 Å². The molecular formula is C24H27BrN4O5S. The van der Waals surface area contributed by atoms with Gasteiger partial charge in [-0.05, 0) is 43.2 Å². The van der Waals surface area contributed by atoms with Gasteiger partial charge in [0.05, 0.1) is 17.1 Å². The molecule has 1 amide bonds. The molecule has 35 heavy (non-hydrogen) atoms. The van der Waals surface area contributed by atoms with Crippen molar-refractivity contribution in [3.05, 3.63) is 57.7 Å². The fourth-order valence-corrected chi connectivity index (χ4v) is 6.50. The van der Waals surface area contributed by atoms with Gasteiger partial charge in [0.1, 0.15) is 12.4 Å². The molecular weight excluding hydrogens is 536 g/mol. The molecule has 1 aromatic carbocycles. The molecule has 2 saturated heterocycles. The number of β-amino-alcohol motifs (C(OH)–C–C–N with tert-alkyl or cyclic N) is 1. The molecule has 0 aliphatic carbocycles. The van der Waals surface area contributed by atoms with Crippen molar-refractivity contribution >= 4 is 43.6 Å². The Morgan fingerprint density at radius 2 is 1.83 bits per heavy atom. The first kappa shape index (κ1) is 24.2. The van der Waals surface area contributed by atoms with Crippen molar-refractivity contribution in [1.29, 1.82) is 0 Å². The number of carbonyl (C=O) groups is 1. The Hall–Kier alpha value is -2.47. The molecule has 0 spiro atoms. The first-order valence-corrected chi connectivity index (χ1v) is 13.8. The summed E-state index contributed by atoms with van der Waals surface area (Å²) in [5.41, 5.74) is 0.759. The lowest BCUT2D eigenvalue weighted by atomic mass is 9.90. The largest absolute Gasteiger partial charge is 0.487 e. The second-order valence-corrected chi connectivity index (χ2v) is 12.1. The Kier molecular flexibility index (Phi) is 6.60. The fourth-order valence-electron chi connectivity index (χ4n) is 4.74. The van der Waals surface area contributed by atoms with E-state index >= 15 is 0 Å². The molecule has 9 nitrogen and oxygen atoms in total. The molecule has 2 fully saturated rings. The third-order valence-electron chi connectivity index (χ3n) is 6.82. The van der Waals surface area contributed by atoms with E-state index in [9.17, 15) is 18.3 Å². The van der Waals surface area contributed by atoms with Crippen molar-refractivity contribution in [2.24, 2.45) is 0 Å². The number of sulfonamides is 1. The number of nitrogens with zero attached hydrogens (tertiary/aromatic N) is 4. The van der Waals surface area contributed by atoms with Crippen LogP contribution in [-0.2, 0) is 14.8 Å². The highest BCUT2D eigenvalue weighted by atomic mass is 79.9. The highest BCUT2D eigenvalue weighted by Gasteiger charge is 2.40. The van der Waals surface area contributed by atoms with Crippen LogP contribution in [0, 0.1) is 0 Å². The minimum absolute atomic E-state index is 0.0755. The summed E-state index contributed by atoms with van der Waals surface area (Å²) < 4.78 is 34.2. The van der Waals surface area contributed by atoms with E-state index < -0.39 is 15.6 Å². The smallest absolute Gasteiger partial charge is 0.243 e. The maximum Gasteiger partial charge on any atom is 0.243 e. The standard InChI is InChI=1S/C24H27BrN4O5S/c25-19-2-1-18-13-21(16-34-22(18)14-19)35(32,33)29-12-11-28(23(30)15-29)17-24(31)5-9-27(10-6-24)20-3-7-26-8-4-20/h1-4,7-8,13-14,31H,5-6,9-12,15-17H2. The van der Waals surface area contributed by atoms with Gasteiger partial charge in [-0.15, -0.1) is 0 Å². The molecule has 0 saturated carbocycles. The third kappa shape index (κ3) is 5.09. The lowest BCUT2D eigenvalue weighted by molar-refractivity contribution is -0.138. The average molecular weight is 563 g/mol. The van der Waals surface area contributed by atoms with E-state index in [1.165, 1.54) is 4.31 Å². The number of hydrogen-bond donors (Lipinski definition) is 1. The predicted octanol–water partition coefficient (Wildman–Crippen LogP) is 2.08. The van der Waals surface area contributed by atoms with Gasteiger partial charge in [0, 0.05) is 60.8 Å². The molecule has 4 heterocycles. The summed E-state index contributed by atoms with van der Waals surface area (Å²) in [4.78, 5) is 20.9. The quantitative estimate of drug-likeness (QED) is 0.595. The summed E-state index contributed by atoms with van der Waals surface area (Å²) in [6.45, 7) is 1.66. The molecule has 5 rings (SSSR count). The number of aliphatic hydroxyl groups is 1. The number of hydrogen-bond acceptors (Lipinski definition) is 7. The number of carbonyl (C=O) groups excluding carboxylic acids is 1. The van der Waals surface area contributed by atoms with Crippen molar-refractivity contribution in [2.75, 3.05) is 50.8 Å². The number of fused-ring (bicyclic) bond motifs is 1. The summed E-state index contributed by atoms with van der Waals surface area (Å²) in [7, 11) is -3.84. The van der Waals surface area contributed by atoms with E-state index in [-0.39, 0.29) is 43.6 Å². The predicted molar refractivity (Wildman–Crippen MR) is 135 cm³/mol. The van der Waals surface area contributed by atoms with E-state index in [1.807, 2.05) is 18.2 Å². The maximum atomic E-state index is 13.2. The number of halogens is 1. The van der Waals surface area contributed by atoms with Gasteiger partial charge in [-0.3, -0.25) is 9.78 Å². The second-order valence-electron chi connectivity index (χ2n) is 9.15. The number of aromatic nitrogens is 1. The van der Waals surface area contributed by atoms with E-state index in [2.05, 4.69) is 25.8 Å². The van der Waals surface area contributed by atoms with Crippen LogP contribution in [0.4, 0.5) is 5.69 Å². The van der Waals surface area contributed by atoms with Crippen LogP contribution in [0.3, 0.4) is 0 Å². The monoisotopic (exact) mass is 562 g/mol. The molecule has 2 aromatic rings. The number of rotatable bonds is 5. The van der Waals surface area contributed by atoms with Gasteiger partial charge in [-0.25, -0.2) is 8.42 Å². The third-order valence-corrected chi connectivity index (χ3v) is 9.21. The Bertz CT molecular complexity index is 1250. The van der Waals surface area contributed by atoms with E-state index in [0.29, 0.717) is 37.2 Å². The van der Waals surface area contributed by atoms with Gasteiger partial charge in [0.2, 0.25) is 15.9 Å². The minimum Gasteiger partial charge on any atom is -0.487 e. The first-order valence-electron chi connectivity index (χ1n) is 11.5. The maximum absolute atomic E-state index is 13.2. The van der Waals surface area contributed by atoms with Gasteiger partial charge in [-0.2, -0.15) is 4.31 Å². The minimum atomic E-state index is -3.84. The van der Waals surface area contributed by atoms with Crippen molar-refractivity contribution in [1.82, 2.24) is 14.2 Å². The second kappa shape index (κ2) is 9.53. The van der Waals surface area contributed by atoms with E-state index in [0.717, 1.165) is 10.2 Å². The molecule has 0 unspecified atom stereocenters. The zero-order valence-corrected chi connectivity index (χ0v) is 21.5. The summed E-state index contributed by atoms with van der Waals surface area (Å²) in [6, 6.07) is 9.29. The summed E-state index contributed by atoms with van der Waals surface area (Å²) in [5.74, 6) is 0.314. The Morgan fingerprint density at radius 1 is 1.09 bits per heavy atom. The summed E-state index contributed by atoms with van der Waals surface area (Å²) >= 11 is 3.38. The van der Waals surface area contributed by atoms with Crippen molar-refractivity contribution in [2.45, 2.75) is 18.4 Å². The number of ether oxygens (including phenoxy) is 1. The fraction of sp³-hybridized carbons (Fsp3) is 0.417. The highest BCUT2D eigenvalue weighted by Crippen LogP contribution is 2.32. The van der Waals surface area contributed by atoms with Crippen LogP contribution < -0.4 is 9.64 Å². The number of pyridine rings is 1. The van der Waals surface area contributed by atoms with E-state index in [4.69, 9.17) is 4.74 Å². The molecule has 1 aromatic heterocycles. The lowest BCUT2D eigenvalue weighted by Gasteiger charge is -2.43. The molecule has 0 radical (unpaired) electrons. The Morgan fingerprint density at radius 3 is 2.54 bits per heavy atom. The van der Waals surface area contributed by atoms with Crippen LogP contribution in [-0.4, -0.2) is 85.1 Å². The molecule has 3 aliphatic heterocycles. The van der Waals surface area contributed by atoms with Crippen LogP contribution in [0.1, 0.15) is 18.4 Å². The van der Waals surface area contributed by atoms with Crippen molar-refractivity contribution in [3.8, 4) is 5.75 Å². The van der Waals surface area contributed by atoms with Crippen LogP contribution in [0.25, 0.3) is 6.08 Å².